The Bertz CT molecular complexity index is 1050. The Hall–Kier alpha value is -3.48. The van der Waals surface area contributed by atoms with Gasteiger partial charge in [-0.25, -0.2) is 9.97 Å². The number of fused-ring (bicyclic) bond motifs is 3. The molecule has 0 fully saturated rings. The van der Waals surface area contributed by atoms with E-state index in [2.05, 4.69) is 9.97 Å². The average Bonchev–Trinajstić information content (AvgIpc) is 2.91. The highest BCUT2D eigenvalue weighted by atomic mass is 16.6. The molecule has 1 N–H and O–H groups in total. The molecule has 7 nitrogen and oxygen atoms in total. The first-order chi connectivity index (χ1) is 11.1. The summed E-state index contributed by atoms with van der Waals surface area (Å²) in [6, 6.07) is 13.0. The minimum Gasteiger partial charge on any atom is -0.508 e. The summed E-state index contributed by atoms with van der Waals surface area (Å²) in [6.45, 7) is 0. The lowest BCUT2D eigenvalue weighted by atomic mass is 10.1. The third kappa shape index (κ3) is 2.15. The third-order valence-electron chi connectivity index (χ3n) is 3.63. The van der Waals surface area contributed by atoms with Crippen LogP contribution in [-0.4, -0.2) is 24.4 Å². The number of nitrogens with zero attached hydrogens (tertiary/aromatic N) is 4. The minimum atomic E-state index is -0.436. The Morgan fingerprint density at radius 2 is 1.83 bits per heavy atom. The first-order valence-corrected chi connectivity index (χ1v) is 6.84. The van der Waals surface area contributed by atoms with Gasteiger partial charge < -0.3 is 5.11 Å². The predicted octanol–water partition coefficient (Wildman–Crippen LogP) is 3.16. The number of hydrogen-bond donors (Lipinski definition) is 1. The van der Waals surface area contributed by atoms with Gasteiger partial charge in [0.1, 0.15) is 5.75 Å². The number of aromatic nitrogens is 3. The molecule has 4 aromatic rings. The van der Waals surface area contributed by atoms with E-state index in [4.69, 9.17) is 0 Å². The molecule has 0 unspecified atom stereocenters. The van der Waals surface area contributed by atoms with Crippen LogP contribution in [0.4, 0.5) is 5.69 Å². The Morgan fingerprint density at radius 3 is 2.57 bits per heavy atom. The molecule has 0 bridgehead atoms. The normalized spacial score (nSPS) is 11.1. The van der Waals surface area contributed by atoms with Crippen molar-refractivity contribution >= 4 is 22.5 Å². The molecular weight excluding hydrogens is 296 g/mol. The fourth-order valence-electron chi connectivity index (χ4n) is 2.51. The van der Waals surface area contributed by atoms with Gasteiger partial charge in [-0.15, -0.1) is 0 Å². The van der Waals surface area contributed by atoms with Crippen molar-refractivity contribution < 1.29 is 10.0 Å². The van der Waals surface area contributed by atoms with Crippen molar-refractivity contribution in [3.8, 4) is 17.0 Å². The summed E-state index contributed by atoms with van der Waals surface area (Å²) in [7, 11) is 0. The van der Waals surface area contributed by atoms with Crippen LogP contribution in [0.15, 0.2) is 54.7 Å². The van der Waals surface area contributed by atoms with Crippen molar-refractivity contribution in [2.45, 2.75) is 0 Å². The van der Waals surface area contributed by atoms with E-state index in [-0.39, 0.29) is 11.4 Å². The van der Waals surface area contributed by atoms with Gasteiger partial charge in [-0.05, 0) is 30.3 Å². The number of phenolic OH excluding ortho intramolecular Hbond substituents is 1. The van der Waals surface area contributed by atoms with Crippen LogP contribution in [0.5, 0.6) is 5.75 Å². The molecule has 0 aliphatic carbocycles. The maximum Gasteiger partial charge on any atom is 0.269 e. The summed E-state index contributed by atoms with van der Waals surface area (Å²) in [5.41, 5.74) is 2.98. The Labute approximate surface area is 129 Å². The van der Waals surface area contributed by atoms with Gasteiger partial charge >= 0.3 is 0 Å². The maximum atomic E-state index is 10.7. The molecule has 2 aromatic heterocycles. The third-order valence-corrected chi connectivity index (χ3v) is 3.63. The van der Waals surface area contributed by atoms with Gasteiger partial charge in [0.15, 0.2) is 0 Å². The highest BCUT2D eigenvalue weighted by molar-refractivity contribution is 5.81. The van der Waals surface area contributed by atoms with E-state index < -0.39 is 4.92 Å². The molecule has 4 rings (SSSR count). The van der Waals surface area contributed by atoms with E-state index in [0.29, 0.717) is 17.0 Å². The molecule has 2 aromatic carbocycles. The van der Waals surface area contributed by atoms with Gasteiger partial charge in [-0.2, -0.15) is 0 Å². The lowest BCUT2D eigenvalue weighted by Crippen LogP contribution is -1.92. The van der Waals surface area contributed by atoms with Crippen LogP contribution in [0, 0.1) is 10.1 Å². The fourth-order valence-corrected chi connectivity index (χ4v) is 2.51. The first kappa shape index (κ1) is 13.2. The zero-order chi connectivity index (χ0) is 16.0. The standard InChI is InChI=1S/C16H10N4O3/c21-12-5-6-15-14(9-12)18-16-17-13(7-8-19(15)16)10-1-3-11(4-2-10)20(22)23/h1-9,21H. The van der Waals surface area contributed by atoms with Gasteiger partial charge in [0.2, 0.25) is 5.78 Å². The molecule has 0 aliphatic heterocycles. The number of aromatic hydroxyl groups is 1. The van der Waals surface area contributed by atoms with Crippen LogP contribution in [0.25, 0.3) is 28.1 Å². The summed E-state index contributed by atoms with van der Waals surface area (Å²) < 4.78 is 1.82. The Morgan fingerprint density at radius 1 is 1.04 bits per heavy atom. The van der Waals surface area contributed by atoms with Crippen molar-refractivity contribution in [2.24, 2.45) is 0 Å². The van der Waals surface area contributed by atoms with Crippen LogP contribution in [0.1, 0.15) is 0 Å². The van der Waals surface area contributed by atoms with Gasteiger partial charge in [0.25, 0.3) is 5.69 Å². The topological polar surface area (TPSA) is 93.6 Å². The van der Waals surface area contributed by atoms with Crippen LogP contribution < -0.4 is 0 Å². The highest BCUT2D eigenvalue weighted by Gasteiger charge is 2.10. The molecule has 0 aliphatic rings. The van der Waals surface area contributed by atoms with Crippen LogP contribution in [-0.2, 0) is 0 Å². The van der Waals surface area contributed by atoms with Crippen LogP contribution >= 0.6 is 0 Å². The number of hydrogen-bond acceptors (Lipinski definition) is 5. The van der Waals surface area contributed by atoms with Crippen molar-refractivity contribution in [3.63, 3.8) is 0 Å². The fraction of sp³-hybridized carbons (Fsp3) is 0. The Balaban J connectivity index is 1.85. The lowest BCUT2D eigenvalue weighted by Gasteiger charge is -2.01. The summed E-state index contributed by atoms with van der Waals surface area (Å²) in [5.74, 6) is 0.651. The van der Waals surface area contributed by atoms with Crippen molar-refractivity contribution in [3.05, 3.63) is 64.8 Å². The van der Waals surface area contributed by atoms with E-state index in [1.165, 1.54) is 12.1 Å². The molecule has 112 valence electrons. The lowest BCUT2D eigenvalue weighted by molar-refractivity contribution is -0.384. The van der Waals surface area contributed by atoms with Gasteiger partial charge in [-0.3, -0.25) is 14.5 Å². The van der Waals surface area contributed by atoms with Crippen LogP contribution in [0.2, 0.25) is 0 Å². The smallest absolute Gasteiger partial charge is 0.269 e. The average molecular weight is 306 g/mol. The quantitative estimate of drug-likeness (QED) is 0.453. The molecule has 0 saturated heterocycles. The molecule has 2 heterocycles. The molecule has 0 spiro atoms. The van der Waals surface area contributed by atoms with Gasteiger partial charge in [-0.1, -0.05) is 0 Å². The molecular formula is C16H10N4O3. The van der Waals surface area contributed by atoms with Crippen LogP contribution in [0.3, 0.4) is 0 Å². The highest BCUT2D eigenvalue weighted by Crippen LogP contribution is 2.24. The zero-order valence-corrected chi connectivity index (χ0v) is 11.7. The summed E-state index contributed by atoms with van der Waals surface area (Å²) in [6.07, 6.45) is 1.84. The molecule has 0 radical (unpaired) electrons. The monoisotopic (exact) mass is 306 g/mol. The first-order valence-electron chi connectivity index (χ1n) is 6.84. The molecule has 23 heavy (non-hydrogen) atoms. The summed E-state index contributed by atoms with van der Waals surface area (Å²) >= 11 is 0. The Kier molecular flexibility index (Phi) is 2.74. The van der Waals surface area contributed by atoms with E-state index in [1.54, 1.807) is 30.3 Å². The second kappa shape index (κ2) is 4.77. The summed E-state index contributed by atoms with van der Waals surface area (Å²) in [4.78, 5) is 19.1. The largest absolute Gasteiger partial charge is 0.508 e. The maximum absolute atomic E-state index is 10.7. The van der Waals surface area contributed by atoms with E-state index in [9.17, 15) is 15.2 Å². The molecule has 7 heteroatoms. The molecule has 0 amide bonds. The number of phenols is 1. The zero-order valence-electron chi connectivity index (χ0n) is 11.7. The SMILES string of the molecule is O=[N+]([O-])c1ccc(-c2ccn3c(n2)nc2cc(O)ccc23)cc1. The predicted molar refractivity (Wildman–Crippen MR) is 84.2 cm³/mol. The van der Waals surface area contributed by atoms with E-state index in [1.807, 2.05) is 16.7 Å². The number of rotatable bonds is 2. The van der Waals surface area contributed by atoms with Crippen molar-refractivity contribution in [2.75, 3.05) is 0 Å². The molecule has 0 atom stereocenters. The second-order valence-corrected chi connectivity index (χ2v) is 5.07. The molecule has 0 saturated carbocycles. The number of benzene rings is 2. The minimum absolute atomic E-state index is 0.0388. The number of non-ortho nitro benzene ring substituents is 1. The number of nitro groups is 1. The van der Waals surface area contributed by atoms with E-state index >= 15 is 0 Å². The number of nitro benzene ring substituents is 1. The van der Waals surface area contributed by atoms with Crippen molar-refractivity contribution in [1.29, 1.82) is 0 Å². The van der Waals surface area contributed by atoms with E-state index in [0.717, 1.165) is 11.1 Å². The van der Waals surface area contributed by atoms with Gasteiger partial charge in [0.05, 0.1) is 21.7 Å². The second-order valence-electron chi connectivity index (χ2n) is 5.07. The number of imidazole rings is 1. The van der Waals surface area contributed by atoms with Gasteiger partial charge in [0, 0.05) is 30.0 Å². The van der Waals surface area contributed by atoms with Crippen molar-refractivity contribution in [1.82, 2.24) is 14.4 Å². The summed E-state index contributed by atoms with van der Waals surface area (Å²) in [5, 5.41) is 20.2.